The number of carbonyl (C=O) groups excluding carboxylic acids is 1. The van der Waals surface area contributed by atoms with Gasteiger partial charge in [-0.2, -0.15) is 0 Å². The molecule has 0 aromatic heterocycles. The largest absolute Gasteiger partial charge is 0.349 e. The second-order valence-electron chi connectivity index (χ2n) is 5.03. The molecule has 0 aliphatic heterocycles. The summed E-state index contributed by atoms with van der Waals surface area (Å²) in [5.41, 5.74) is 1.02. The number of halogens is 1. The van der Waals surface area contributed by atoms with Gasteiger partial charge in [0.1, 0.15) is 0 Å². The number of hydrogen-bond acceptors (Lipinski definition) is 2. The lowest BCUT2D eigenvalue weighted by atomic mass is 9.95. The topological polar surface area (TPSA) is 29.1 Å². The van der Waals surface area contributed by atoms with Crippen LogP contribution in [0.15, 0.2) is 24.3 Å². The third-order valence-corrected chi connectivity index (χ3v) is 4.05. The zero-order chi connectivity index (χ0) is 13.7. The van der Waals surface area contributed by atoms with E-state index in [1.54, 1.807) is 0 Å². The van der Waals surface area contributed by atoms with E-state index in [1.807, 2.05) is 24.3 Å². The van der Waals surface area contributed by atoms with E-state index in [0.29, 0.717) is 22.3 Å². The van der Waals surface area contributed by atoms with E-state index >= 15 is 0 Å². The molecule has 0 heterocycles. The van der Waals surface area contributed by atoms with Crippen molar-refractivity contribution in [1.29, 1.82) is 0 Å². The minimum Gasteiger partial charge on any atom is -0.349 e. The molecule has 0 unspecified atom stereocenters. The molecule has 102 valence electrons. The van der Waals surface area contributed by atoms with E-state index in [0.717, 1.165) is 18.4 Å². The molecule has 1 aliphatic rings. The molecule has 0 atom stereocenters. The van der Waals surface area contributed by atoms with Crippen molar-refractivity contribution in [1.82, 2.24) is 5.32 Å². The van der Waals surface area contributed by atoms with Crippen molar-refractivity contribution in [3.63, 3.8) is 0 Å². The molecule has 4 heteroatoms. The Morgan fingerprint density at radius 3 is 2.47 bits per heavy atom. The van der Waals surface area contributed by atoms with E-state index in [4.69, 9.17) is 23.8 Å². The van der Waals surface area contributed by atoms with Crippen molar-refractivity contribution >= 4 is 34.6 Å². The normalized spacial score (nSPS) is 16.1. The summed E-state index contributed by atoms with van der Waals surface area (Å²) in [6.45, 7) is 0. The highest BCUT2D eigenvalue weighted by Crippen LogP contribution is 2.17. The van der Waals surface area contributed by atoms with Gasteiger partial charge in [-0.1, -0.05) is 55.2 Å². The molecule has 2 nitrogen and oxygen atoms in total. The van der Waals surface area contributed by atoms with Gasteiger partial charge in [0, 0.05) is 17.5 Å². The van der Waals surface area contributed by atoms with Crippen LogP contribution in [-0.4, -0.2) is 16.8 Å². The fourth-order valence-electron chi connectivity index (χ4n) is 2.38. The zero-order valence-corrected chi connectivity index (χ0v) is 12.4. The molecule has 1 aromatic rings. The number of hydrogen-bond donors (Lipinski definition) is 1. The minimum absolute atomic E-state index is 0.0863. The van der Waals surface area contributed by atoms with Crippen LogP contribution < -0.4 is 5.32 Å². The lowest BCUT2D eigenvalue weighted by molar-refractivity contribution is -0.115. The van der Waals surface area contributed by atoms with Gasteiger partial charge in [-0.25, -0.2) is 0 Å². The molecular weight excluding hydrogens is 278 g/mol. The summed E-state index contributed by atoms with van der Waals surface area (Å²) in [5.74, 6) is -0.0863. The Morgan fingerprint density at radius 1 is 1.21 bits per heavy atom. The molecule has 1 N–H and O–H groups in total. The average Bonchev–Trinajstić information content (AvgIpc) is 2.42. The molecule has 1 aliphatic carbocycles. The van der Waals surface area contributed by atoms with E-state index in [1.165, 1.54) is 19.3 Å². The maximum absolute atomic E-state index is 12.0. The molecule has 1 fully saturated rings. The maximum atomic E-state index is 12.0. The van der Waals surface area contributed by atoms with Crippen LogP contribution in [0.5, 0.6) is 0 Å². The summed E-state index contributed by atoms with van der Waals surface area (Å²) in [6.07, 6.45) is 6.35. The first-order valence-electron chi connectivity index (χ1n) is 6.73. The molecule has 0 saturated heterocycles. The van der Waals surface area contributed by atoms with Crippen molar-refractivity contribution in [2.45, 2.75) is 44.6 Å². The number of benzene rings is 1. The van der Waals surface area contributed by atoms with E-state index in [9.17, 15) is 4.79 Å². The monoisotopic (exact) mass is 295 g/mol. The van der Waals surface area contributed by atoms with Crippen molar-refractivity contribution in [2.24, 2.45) is 0 Å². The molecule has 2 rings (SSSR count). The van der Waals surface area contributed by atoms with E-state index < -0.39 is 0 Å². The Bertz CT molecular complexity index is 452. The van der Waals surface area contributed by atoms with Crippen LogP contribution in [0.3, 0.4) is 0 Å². The molecule has 0 bridgehead atoms. The summed E-state index contributed by atoms with van der Waals surface area (Å²) < 4.78 is 0. The summed E-state index contributed by atoms with van der Waals surface area (Å²) >= 11 is 11.0. The smallest absolute Gasteiger partial charge is 0.258 e. The first-order chi connectivity index (χ1) is 9.15. The van der Waals surface area contributed by atoms with Crippen LogP contribution in [-0.2, 0) is 11.2 Å². The van der Waals surface area contributed by atoms with E-state index in [2.05, 4.69) is 5.32 Å². The first kappa shape index (κ1) is 14.5. The predicted molar refractivity (Wildman–Crippen MR) is 82.8 cm³/mol. The average molecular weight is 296 g/mol. The lowest BCUT2D eigenvalue weighted by Crippen LogP contribution is -2.40. The van der Waals surface area contributed by atoms with Gasteiger partial charge in [0.25, 0.3) is 5.91 Å². The first-order valence-corrected chi connectivity index (χ1v) is 7.52. The van der Waals surface area contributed by atoms with Gasteiger partial charge in [-0.3, -0.25) is 4.79 Å². The van der Waals surface area contributed by atoms with Gasteiger partial charge in [0.2, 0.25) is 0 Å². The maximum Gasteiger partial charge on any atom is 0.258 e. The number of nitrogens with one attached hydrogen (secondary N) is 1. The van der Waals surface area contributed by atoms with Crippen LogP contribution in [0.4, 0.5) is 0 Å². The number of thiocarbonyl (C=S) groups is 1. The van der Waals surface area contributed by atoms with E-state index in [-0.39, 0.29) is 5.91 Å². The van der Waals surface area contributed by atoms with Crippen molar-refractivity contribution in [3.8, 4) is 0 Å². The predicted octanol–water partition coefficient (Wildman–Crippen LogP) is 3.70. The Balaban J connectivity index is 1.84. The highest BCUT2D eigenvalue weighted by Gasteiger charge is 2.18. The van der Waals surface area contributed by atoms with Gasteiger partial charge in [-0.15, -0.1) is 0 Å². The van der Waals surface area contributed by atoms with Crippen LogP contribution in [0.2, 0.25) is 5.02 Å². The molecule has 1 saturated carbocycles. The number of amides is 1. The Morgan fingerprint density at radius 2 is 1.84 bits per heavy atom. The Hall–Kier alpha value is -0.930. The lowest BCUT2D eigenvalue weighted by Gasteiger charge is -2.22. The van der Waals surface area contributed by atoms with Gasteiger partial charge < -0.3 is 5.32 Å². The number of rotatable bonds is 4. The van der Waals surface area contributed by atoms with Crippen molar-refractivity contribution in [3.05, 3.63) is 34.9 Å². The molecule has 0 radical (unpaired) electrons. The zero-order valence-electron chi connectivity index (χ0n) is 10.8. The Kier molecular flexibility index (Phi) is 5.34. The van der Waals surface area contributed by atoms with Crippen LogP contribution in [0.25, 0.3) is 0 Å². The van der Waals surface area contributed by atoms with Crippen molar-refractivity contribution in [2.75, 3.05) is 0 Å². The summed E-state index contributed by atoms with van der Waals surface area (Å²) in [5, 5.41) is 3.74. The second-order valence-corrected chi connectivity index (χ2v) is 5.96. The van der Waals surface area contributed by atoms with Gasteiger partial charge in [-0.05, 0) is 30.5 Å². The molecule has 0 spiro atoms. The van der Waals surface area contributed by atoms with Crippen LogP contribution >= 0.6 is 23.8 Å². The summed E-state index contributed by atoms with van der Waals surface area (Å²) in [4.78, 5) is 12.5. The fraction of sp³-hybridized carbons (Fsp3) is 0.467. The quantitative estimate of drug-likeness (QED) is 0.858. The standard InChI is InChI=1S/C15H18ClNOS/c16-12-8-6-11(7-9-12)10-14(19)15(18)17-13-4-2-1-3-5-13/h6-9,13H,1-5,10H2,(H,17,18). The highest BCUT2D eigenvalue weighted by molar-refractivity contribution is 7.82. The fourth-order valence-corrected chi connectivity index (χ4v) is 2.73. The molecule has 1 aromatic carbocycles. The minimum atomic E-state index is -0.0863. The van der Waals surface area contributed by atoms with Gasteiger partial charge >= 0.3 is 0 Å². The van der Waals surface area contributed by atoms with Crippen LogP contribution in [0.1, 0.15) is 37.7 Å². The van der Waals surface area contributed by atoms with Crippen LogP contribution in [0, 0.1) is 0 Å². The third-order valence-electron chi connectivity index (χ3n) is 3.47. The summed E-state index contributed by atoms with van der Waals surface area (Å²) in [6, 6.07) is 7.76. The second kappa shape index (κ2) is 7.01. The van der Waals surface area contributed by atoms with Gasteiger partial charge in [0.15, 0.2) is 0 Å². The Labute approximate surface area is 124 Å². The molecular formula is C15H18ClNOS. The molecule has 1 amide bonds. The highest BCUT2D eigenvalue weighted by atomic mass is 35.5. The SMILES string of the molecule is O=C(NC1CCCCC1)C(=S)Cc1ccc(Cl)cc1. The number of carbonyl (C=O) groups is 1. The third kappa shape index (κ3) is 4.59. The van der Waals surface area contributed by atoms with Gasteiger partial charge in [0.05, 0.1) is 4.86 Å². The summed E-state index contributed by atoms with van der Waals surface area (Å²) in [7, 11) is 0. The van der Waals surface area contributed by atoms with Crippen molar-refractivity contribution < 1.29 is 4.79 Å². The molecule has 19 heavy (non-hydrogen) atoms.